The predicted molar refractivity (Wildman–Crippen MR) is 87.1 cm³/mol. The van der Waals surface area contributed by atoms with Gasteiger partial charge in [0.05, 0.1) is 6.61 Å². The van der Waals surface area contributed by atoms with Crippen molar-refractivity contribution >= 4 is 11.9 Å². The van der Waals surface area contributed by atoms with E-state index in [0.717, 1.165) is 0 Å². The second-order valence-electron chi connectivity index (χ2n) is 7.06. The first-order valence-corrected chi connectivity index (χ1v) is 8.53. The highest BCUT2D eigenvalue weighted by Gasteiger charge is 2.52. The van der Waals surface area contributed by atoms with Crippen LogP contribution in [0.2, 0.25) is 0 Å². The lowest BCUT2D eigenvalue weighted by molar-refractivity contribution is -0.274. The molecule has 0 bridgehead atoms. The molecule has 1 N–H and O–H groups in total. The fraction of sp³-hybridized carbons (Fsp3) is 0.556. The molecule has 2 fully saturated rings. The van der Waals surface area contributed by atoms with E-state index in [1.807, 2.05) is 0 Å². The highest BCUT2D eigenvalue weighted by Crippen LogP contribution is 2.52. The Morgan fingerprint density at radius 1 is 1.33 bits per heavy atom. The zero-order valence-corrected chi connectivity index (χ0v) is 14.7. The van der Waals surface area contributed by atoms with Gasteiger partial charge in [-0.15, -0.1) is 13.2 Å². The van der Waals surface area contributed by atoms with Crippen LogP contribution in [0.25, 0.3) is 0 Å². The van der Waals surface area contributed by atoms with Crippen molar-refractivity contribution in [1.29, 1.82) is 0 Å². The Morgan fingerprint density at radius 2 is 2.04 bits per heavy atom. The number of rotatable bonds is 6. The normalized spacial score (nSPS) is 27.5. The van der Waals surface area contributed by atoms with E-state index >= 15 is 0 Å². The number of amides is 1. The van der Waals surface area contributed by atoms with Crippen LogP contribution >= 0.6 is 0 Å². The molecule has 3 rings (SSSR count). The molecule has 1 amide bonds. The van der Waals surface area contributed by atoms with Crippen LogP contribution in [0.5, 0.6) is 5.75 Å². The van der Waals surface area contributed by atoms with Crippen molar-refractivity contribution in [3.63, 3.8) is 0 Å². The number of aliphatic carboxylic acids is 1. The highest BCUT2D eigenvalue weighted by atomic mass is 19.4. The molecule has 1 aliphatic heterocycles. The summed E-state index contributed by atoms with van der Waals surface area (Å²) in [5.41, 5.74) is -0.791. The Hall–Kier alpha value is -2.29. The van der Waals surface area contributed by atoms with E-state index in [9.17, 15) is 27.9 Å². The highest BCUT2D eigenvalue weighted by molar-refractivity contribution is 5.85. The smallest absolute Gasteiger partial charge is 0.481 e. The third-order valence-corrected chi connectivity index (χ3v) is 5.19. The van der Waals surface area contributed by atoms with Gasteiger partial charge in [-0.2, -0.15) is 0 Å². The number of hydrogen-bond donors (Lipinski definition) is 1. The second-order valence-corrected chi connectivity index (χ2v) is 7.06. The predicted octanol–water partition coefficient (Wildman–Crippen LogP) is 2.64. The lowest BCUT2D eigenvalue weighted by Crippen LogP contribution is -2.40. The molecule has 3 unspecified atom stereocenters. The van der Waals surface area contributed by atoms with E-state index in [1.54, 1.807) is 6.07 Å². The maximum Gasteiger partial charge on any atom is 0.573 e. The number of carboxylic acid groups (broad SMARTS) is 1. The summed E-state index contributed by atoms with van der Waals surface area (Å²) in [6, 6.07) is 5.79. The minimum Gasteiger partial charge on any atom is -0.481 e. The minimum absolute atomic E-state index is 0.00245. The maximum absolute atomic E-state index is 12.7. The van der Waals surface area contributed by atoms with Gasteiger partial charge in [0.15, 0.2) is 0 Å². The summed E-state index contributed by atoms with van der Waals surface area (Å²) in [6.45, 7) is 0.333. The van der Waals surface area contributed by atoms with E-state index in [4.69, 9.17) is 4.74 Å². The minimum atomic E-state index is -4.80. The van der Waals surface area contributed by atoms with Crippen molar-refractivity contribution in [3.05, 3.63) is 29.8 Å². The molecule has 1 heterocycles. The van der Waals surface area contributed by atoms with Crippen molar-refractivity contribution in [1.82, 2.24) is 4.90 Å². The number of carbonyl (C=O) groups excluding carboxylic acids is 1. The fourth-order valence-electron chi connectivity index (χ4n) is 3.74. The number of halogens is 3. The maximum atomic E-state index is 12.7. The summed E-state index contributed by atoms with van der Waals surface area (Å²) in [6.07, 6.45) is -4.11. The van der Waals surface area contributed by atoms with Gasteiger partial charge in [-0.05, 0) is 30.4 Å². The lowest BCUT2D eigenvalue weighted by Gasteiger charge is -2.24. The first-order chi connectivity index (χ1) is 12.7. The van der Waals surface area contributed by atoms with Crippen LogP contribution in [0.1, 0.15) is 24.3 Å². The number of ether oxygens (including phenoxy) is 2. The Morgan fingerprint density at radius 3 is 2.67 bits per heavy atom. The number of alkyl halides is 3. The quantitative estimate of drug-likeness (QED) is 0.812. The number of benzene rings is 1. The van der Waals surface area contributed by atoms with Gasteiger partial charge in [0, 0.05) is 26.1 Å². The Bertz CT molecular complexity index is 738. The molecule has 27 heavy (non-hydrogen) atoms. The van der Waals surface area contributed by atoms with E-state index in [2.05, 4.69) is 4.74 Å². The number of carbonyl (C=O) groups is 2. The van der Waals surface area contributed by atoms with Gasteiger partial charge < -0.3 is 19.5 Å². The summed E-state index contributed by atoms with van der Waals surface area (Å²) in [5.74, 6) is -2.38. The second kappa shape index (κ2) is 7.03. The summed E-state index contributed by atoms with van der Waals surface area (Å²) < 4.78 is 46.8. The largest absolute Gasteiger partial charge is 0.573 e. The van der Waals surface area contributed by atoms with Gasteiger partial charge in [0.2, 0.25) is 5.91 Å². The first-order valence-electron chi connectivity index (χ1n) is 8.53. The lowest BCUT2D eigenvalue weighted by atomic mass is 9.88. The Labute approximate surface area is 153 Å². The van der Waals surface area contributed by atoms with Crippen LogP contribution in [0, 0.1) is 11.3 Å². The van der Waals surface area contributed by atoms with E-state index in [-0.39, 0.29) is 37.1 Å². The number of carboxylic acids is 1. The van der Waals surface area contributed by atoms with Crippen LogP contribution in [0.4, 0.5) is 13.2 Å². The Kier molecular flexibility index (Phi) is 5.07. The molecular formula is C18H20F3NO5. The monoisotopic (exact) mass is 387 g/mol. The fourth-order valence-corrected chi connectivity index (χ4v) is 3.74. The van der Waals surface area contributed by atoms with Crippen LogP contribution in [-0.4, -0.2) is 55.1 Å². The molecular weight excluding hydrogens is 367 g/mol. The summed E-state index contributed by atoms with van der Waals surface area (Å²) in [5, 5.41) is 9.48. The summed E-state index contributed by atoms with van der Waals surface area (Å²) >= 11 is 0. The van der Waals surface area contributed by atoms with E-state index < -0.39 is 23.7 Å². The molecule has 0 radical (unpaired) electrons. The van der Waals surface area contributed by atoms with Crippen molar-refractivity contribution in [2.24, 2.45) is 11.3 Å². The SMILES string of the molecule is COCC1(C(=O)O)CCN(C(=O)C2CC2c2ccccc2OC(F)(F)F)C1. The Balaban J connectivity index is 1.69. The molecule has 0 spiro atoms. The van der Waals surface area contributed by atoms with E-state index in [1.165, 1.54) is 30.2 Å². The molecule has 9 heteroatoms. The van der Waals surface area contributed by atoms with Crippen molar-refractivity contribution in [2.45, 2.75) is 25.1 Å². The van der Waals surface area contributed by atoms with Crippen molar-refractivity contribution < 1.29 is 37.3 Å². The van der Waals surface area contributed by atoms with Gasteiger partial charge in [-0.25, -0.2) is 0 Å². The molecule has 0 aromatic heterocycles. The molecule has 2 aliphatic rings. The number of hydrogen-bond acceptors (Lipinski definition) is 4. The van der Waals surface area contributed by atoms with Gasteiger partial charge in [0.1, 0.15) is 11.2 Å². The number of likely N-dealkylation sites (tertiary alicyclic amines) is 1. The van der Waals surface area contributed by atoms with Gasteiger partial charge in [-0.1, -0.05) is 18.2 Å². The third kappa shape index (κ3) is 4.02. The average Bonchev–Trinajstić information content (AvgIpc) is 3.25. The molecule has 3 atom stereocenters. The van der Waals surface area contributed by atoms with Gasteiger partial charge >= 0.3 is 12.3 Å². The number of para-hydroxylation sites is 1. The van der Waals surface area contributed by atoms with Gasteiger partial charge in [0.25, 0.3) is 0 Å². The van der Waals surface area contributed by atoms with E-state index in [0.29, 0.717) is 18.5 Å². The molecule has 1 aromatic rings. The molecule has 1 aliphatic carbocycles. The van der Waals surface area contributed by atoms with Crippen LogP contribution in [0.3, 0.4) is 0 Å². The number of nitrogens with zero attached hydrogens (tertiary/aromatic N) is 1. The molecule has 6 nitrogen and oxygen atoms in total. The zero-order valence-electron chi connectivity index (χ0n) is 14.7. The molecule has 1 aromatic carbocycles. The first kappa shape index (κ1) is 19.5. The average molecular weight is 387 g/mol. The van der Waals surface area contributed by atoms with Crippen LogP contribution < -0.4 is 4.74 Å². The summed E-state index contributed by atoms with van der Waals surface area (Å²) in [7, 11) is 1.41. The summed E-state index contributed by atoms with van der Waals surface area (Å²) in [4.78, 5) is 25.8. The third-order valence-electron chi connectivity index (χ3n) is 5.19. The van der Waals surface area contributed by atoms with Crippen LogP contribution in [0.15, 0.2) is 24.3 Å². The topological polar surface area (TPSA) is 76.1 Å². The number of methoxy groups -OCH3 is 1. The standard InChI is InChI=1S/C18H20F3NO5/c1-26-10-17(16(24)25)6-7-22(9-17)15(23)13-8-12(13)11-4-2-3-5-14(11)27-18(19,20)21/h2-5,12-13H,6-10H2,1H3,(H,24,25). The molecule has 148 valence electrons. The molecule has 1 saturated heterocycles. The van der Waals surface area contributed by atoms with Crippen molar-refractivity contribution in [3.8, 4) is 5.75 Å². The molecule has 1 saturated carbocycles. The van der Waals surface area contributed by atoms with Crippen molar-refractivity contribution in [2.75, 3.05) is 26.8 Å². The zero-order chi connectivity index (χ0) is 19.8. The van der Waals surface area contributed by atoms with Crippen LogP contribution in [-0.2, 0) is 14.3 Å². The van der Waals surface area contributed by atoms with Gasteiger partial charge in [-0.3, -0.25) is 9.59 Å².